The Kier molecular flexibility index (Phi) is 4.20. The van der Waals surface area contributed by atoms with E-state index in [1.54, 1.807) is 0 Å². The number of aryl methyl sites for hydroxylation is 2. The minimum absolute atomic E-state index is 0.338. The molecule has 0 amide bonds. The smallest absolute Gasteiger partial charge is 0.126 e. The second-order valence-electron chi connectivity index (χ2n) is 5.69. The van der Waals surface area contributed by atoms with Crippen LogP contribution in [0.4, 0.5) is 0 Å². The van der Waals surface area contributed by atoms with Crippen LogP contribution < -0.4 is 10.1 Å². The Bertz CT molecular complexity index is 624. The molecule has 0 radical (unpaired) electrons. The summed E-state index contributed by atoms with van der Waals surface area (Å²) in [6.45, 7) is 5.74. The third-order valence-corrected chi connectivity index (χ3v) is 3.98. The standard InChI is InChI=1S/C18H22N2O/c1-13-6-3-9-16-17(10-5-11-21-18(13)16)19-12-15-8-4-7-14(2)20-15/h3-4,6-9,17,19H,5,10-12H2,1-2H3. The highest BCUT2D eigenvalue weighted by Gasteiger charge is 2.20. The van der Waals surface area contributed by atoms with Crippen molar-refractivity contribution in [3.05, 3.63) is 58.9 Å². The summed E-state index contributed by atoms with van der Waals surface area (Å²) in [5, 5.41) is 3.65. The van der Waals surface area contributed by atoms with Crippen LogP contribution in [0, 0.1) is 13.8 Å². The number of nitrogens with one attached hydrogen (secondary N) is 1. The Morgan fingerprint density at radius 3 is 2.90 bits per heavy atom. The molecule has 3 nitrogen and oxygen atoms in total. The first-order valence-electron chi connectivity index (χ1n) is 7.62. The summed E-state index contributed by atoms with van der Waals surface area (Å²) < 4.78 is 5.93. The fourth-order valence-corrected chi connectivity index (χ4v) is 2.90. The maximum Gasteiger partial charge on any atom is 0.126 e. The van der Waals surface area contributed by atoms with E-state index in [0.29, 0.717) is 6.04 Å². The molecule has 0 saturated carbocycles. The molecule has 21 heavy (non-hydrogen) atoms. The van der Waals surface area contributed by atoms with Crippen LogP contribution in [-0.2, 0) is 6.54 Å². The molecule has 110 valence electrons. The van der Waals surface area contributed by atoms with E-state index in [1.165, 1.54) is 11.1 Å². The van der Waals surface area contributed by atoms with Crippen LogP contribution in [0.2, 0.25) is 0 Å². The van der Waals surface area contributed by atoms with E-state index in [-0.39, 0.29) is 0 Å². The van der Waals surface area contributed by atoms with Crippen molar-refractivity contribution in [3.8, 4) is 5.75 Å². The van der Waals surface area contributed by atoms with Gasteiger partial charge in [0.25, 0.3) is 0 Å². The van der Waals surface area contributed by atoms with Crippen molar-refractivity contribution in [2.45, 2.75) is 39.3 Å². The lowest BCUT2D eigenvalue weighted by molar-refractivity contribution is 0.313. The zero-order chi connectivity index (χ0) is 14.7. The average Bonchev–Trinajstić information content (AvgIpc) is 2.69. The molecule has 1 aliphatic rings. The van der Waals surface area contributed by atoms with Crippen LogP contribution in [0.15, 0.2) is 36.4 Å². The number of hydrogen-bond donors (Lipinski definition) is 1. The summed E-state index contributed by atoms with van der Waals surface area (Å²) in [5.41, 5.74) is 4.65. The van der Waals surface area contributed by atoms with Gasteiger partial charge in [0.05, 0.1) is 12.3 Å². The lowest BCUT2D eigenvalue weighted by Gasteiger charge is -2.19. The lowest BCUT2D eigenvalue weighted by atomic mass is 10.00. The van der Waals surface area contributed by atoms with Crippen molar-refractivity contribution in [2.75, 3.05) is 6.61 Å². The van der Waals surface area contributed by atoms with Crippen molar-refractivity contribution in [1.82, 2.24) is 10.3 Å². The van der Waals surface area contributed by atoms with Gasteiger partial charge >= 0.3 is 0 Å². The number of para-hydroxylation sites is 1. The second kappa shape index (κ2) is 6.27. The molecule has 3 rings (SSSR count). The van der Waals surface area contributed by atoms with E-state index in [1.807, 2.05) is 13.0 Å². The molecule has 0 saturated heterocycles. The fraction of sp³-hybridized carbons (Fsp3) is 0.389. The summed E-state index contributed by atoms with van der Waals surface area (Å²) in [4.78, 5) is 4.56. The van der Waals surface area contributed by atoms with E-state index in [2.05, 4.69) is 47.6 Å². The minimum Gasteiger partial charge on any atom is -0.493 e. The van der Waals surface area contributed by atoms with Gasteiger partial charge in [0.2, 0.25) is 0 Å². The van der Waals surface area contributed by atoms with E-state index < -0.39 is 0 Å². The summed E-state index contributed by atoms with van der Waals surface area (Å²) in [6.07, 6.45) is 2.18. The maximum atomic E-state index is 5.93. The summed E-state index contributed by atoms with van der Waals surface area (Å²) >= 11 is 0. The van der Waals surface area contributed by atoms with Gasteiger partial charge in [-0.05, 0) is 44.4 Å². The third kappa shape index (κ3) is 3.24. The molecule has 1 atom stereocenters. The maximum absolute atomic E-state index is 5.93. The number of hydrogen-bond acceptors (Lipinski definition) is 3. The van der Waals surface area contributed by atoms with Crippen molar-refractivity contribution >= 4 is 0 Å². The van der Waals surface area contributed by atoms with Crippen molar-refractivity contribution < 1.29 is 4.74 Å². The molecule has 0 spiro atoms. The Balaban J connectivity index is 1.78. The predicted octanol–water partition coefficient (Wildman–Crippen LogP) is 3.70. The highest BCUT2D eigenvalue weighted by Crippen LogP contribution is 2.34. The van der Waals surface area contributed by atoms with E-state index in [4.69, 9.17) is 4.74 Å². The van der Waals surface area contributed by atoms with Gasteiger partial charge in [-0.25, -0.2) is 0 Å². The van der Waals surface area contributed by atoms with Gasteiger partial charge in [0.15, 0.2) is 0 Å². The average molecular weight is 282 g/mol. The quantitative estimate of drug-likeness (QED) is 0.932. The van der Waals surface area contributed by atoms with Gasteiger partial charge < -0.3 is 10.1 Å². The first-order chi connectivity index (χ1) is 10.2. The molecule has 1 aromatic carbocycles. The predicted molar refractivity (Wildman–Crippen MR) is 84.5 cm³/mol. The van der Waals surface area contributed by atoms with Crippen LogP contribution in [0.5, 0.6) is 5.75 Å². The lowest BCUT2D eigenvalue weighted by Crippen LogP contribution is -2.21. The second-order valence-corrected chi connectivity index (χ2v) is 5.69. The van der Waals surface area contributed by atoms with Crippen LogP contribution in [0.3, 0.4) is 0 Å². The van der Waals surface area contributed by atoms with Crippen LogP contribution in [0.25, 0.3) is 0 Å². The molecule has 3 heteroatoms. The Morgan fingerprint density at radius 2 is 2.05 bits per heavy atom. The molecular formula is C18H22N2O. The monoisotopic (exact) mass is 282 g/mol. The van der Waals surface area contributed by atoms with Crippen molar-refractivity contribution in [1.29, 1.82) is 0 Å². The van der Waals surface area contributed by atoms with Gasteiger partial charge in [0.1, 0.15) is 5.75 Å². The highest BCUT2D eigenvalue weighted by molar-refractivity contribution is 5.43. The van der Waals surface area contributed by atoms with Gasteiger partial charge in [-0.2, -0.15) is 0 Å². The van der Waals surface area contributed by atoms with Crippen molar-refractivity contribution in [3.63, 3.8) is 0 Å². The number of ether oxygens (including phenoxy) is 1. The first-order valence-corrected chi connectivity index (χ1v) is 7.62. The normalized spacial score (nSPS) is 17.7. The van der Waals surface area contributed by atoms with Crippen LogP contribution in [0.1, 0.15) is 41.4 Å². The molecule has 1 unspecified atom stereocenters. The molecule has 2 aromatic rings. The topological polar surface area (TPSA) is 34.1 Å². The molecule has 1 aromatic heterocycles. The first kappa shape index (κ1) is 14.1. The molecule has 0 bridgehead atoms. The fourth-order valence-electron chi connectivity index (χ4n) is 2.90. The van der Waals surface area contributed by atoms with E-state index >= 15 is 0 Å². The Labute approximate surface area is 126 Å². The zero-order valence-corrected chi connectivity index (χ0v) is 12.7. The van der Waals surface area contributed by atoms with Gasteiger partial charge in [0, 0.05) is 23.8 Å². The molecular weight excluding hydrogens is 260 g/mol. The summed E-state index contributed by atoms with van der Waals surface area (Å²) in [5.74, 6) is 1.06. The van der Waals surface area contributed by atoms with Gasteiger partial charge in [-0.1, -0.05) is 24.3 Å². The Hall–Kier alpha value is -1.87. The Morgan fingerprint density at radius 1 is 1.19 bits per heavy atom. The number of rotatable bonds is 3. The number of fused-ring (bicyclic) bond motifs is 1. The van der Waals surface area contributed by atoms with E-state index in [9.17, 15) is 0 Å². The number of pyridine rings is 1. The third-order valence-electron chi connectivity index (χ3n) is 3.98. The van der Waals surface area contributed by atoms with Crippen molar-refractivity contribution in [2.24, 2.45) is 0 Å². The zero-order valence-electron chi connectivity index (χ0n) is 12.7. The minimum atomic E-state index is 0.338. The summed E-state index contributed by atoms with van der Waals surface area (Å²) in [7, 11) is 0. The number of nitrogens with zero attached hydrogens (tertiary/aromatic N) is 1. The molecule has 2 heterocycles. The number of benzene rings is 1. The molecule has 0 fully saturated rings. The largest absolute Gasteiger partial charge is 0.493 e. The van der Waals surface area contributed by atoms with Gasteiger partial charge in [-0.15, -0.1) is 0 Å². The van der Waals surface area contributed by atoms with Crippen LogP contribution in [-0.4, -0.2) is 11.6 Å². The molecule has 0 aliphatic carbocycles. The molecule has 1 N–H and O–H groups in total. The van der Waals surface area contributed by atoms with E-state index in [0.717, 1.165) is 43.1 Å². The van der Waals surface area contributed by atoms with Gasteiger partial charge in [-0.3, -0.25) is 4.98 Å². The number of aromatic nitrogens is 1. The SMILES string of the molecule is Cc1cccc(CNC2CCCOc3c(C)cccc32)n1. The van der Waals surface area contributed by atoms with Crippen LogP contribution >= 0.6 is 0 Å². The summed E-state index contributed by atoms with van der Waals surface area (Å²) in [6, 6.07) is 12.9. The highest BCUT2D eigenvalue weighted by atomic mass is 16.5. The molecule has 1 aliphatic heterocycles.